The Hall–Kier alpha value is -0.540. The molecule has 3 heteroatoms. The summed E-state index contributed by atoms with van der Waals surface area (Å²) in [6, 6.07) is 7.14. The normalized spacial score (nSPS) is 20.8. The molecule has 1 aromatic carbocycles. The largest absolute Gasteiger partial charge is 0.370 e. The second-order valence-corrected chi connectivity index (χ2v) is 5.98. The van der Waals surface area contributed by atoms with Gasteiger partial charge in [0.2, 0.25) is 0 Å². The van der Waals surface area contributed by atoms with Gasteiger partial charge in [0.15, 0.2) is 0 Å². The van der Waals surface area contributed by atoms with Gasteiger partial charge in [0, 0.05) is 29.3 Å². The van der Waals surface area contributed by atoms with Crippen LogP contribution >= 0.6 is 15.9 Å². The lowest BCUT2D eigenvalue weighted by atomic mass is 10.1. The molecule has 2 rings (SSSR count). The number of hydrogen-bond donors (Lipinski definition) is 1. The molecular weight excluding hydrogens is 288 g/mol. The van der Waals surface area contributed by atoms with Crippen molar-refractivity contribution in [1.82, 2.24) is 5.32 Å². The molecule has 0 spiro atoms. The van der Waals surface area contributed by atoms with E-state index in [9.17, 15) is 0 Å². The van der Waals surface area contributed by atoms with Gasteiger partial charge in [-0.15, -0.1) is 0 Å². The van der Waals surface area contributed by atoms with Crippen molar-refractivity contribution < 1.29 is 0 Å². The molecule has 1 unspecified atom stereocenters. The first-order chi connectivity index (χ1) is 8.72. The number of nitrogens with one attached hydrogen (secondary N) is 1. The van der Waals surface area contributed by atoms with Crippen molar-refractivity contribution in [3.05, 3.63) is 28.2 Å². The molecule has 1 aliphatic heterocycles. The van der Waals surface area contributed by atoms with Gasteiger partial charge in [-0.2, -0.15) is 0 Å². The summed E-state index contributed by atoms with van der Waals surface area (Å²) in [5, 5.41) is 3.66. The van der Waals surface area contributed by atoms with E-state index in [0.29, 0.717) is 6.04 Å². The minimum Gasteiger partial charge on any atom is -0.370 e. The first-order valence-electron chi connectivity index (χ1n) is 6.95. The van der Waals surface area contributed by atoms with Crippen LogP contribution in [0.2, 0.25) is 0 Å². The average molecular weight is 311 g/mol. The van der Waals surface area contributed by atoms with Crippen LogP contribution in [0, 0.1) is 6.92 Å². The van der Waals surface area contributed by atoms with Gasteiger partial charge in [-0.3, -0.25) is 0 Å². The molecule has 2 nitrogen and oxygen atoms in total. The minimum absolute atomic E-state index is 0.635. The van der Waals surface area contributed by atoms with Gasteiger partial charge in [-0.1, -0.05) is 35.3 Å². The molecule has 0 aromatic heterocycles. The Balaban J connectivity index is 2.17. The van der Waals surface area contributed by atoms with Crippen LogP contribution in [0.25, 0.3) is 0 Å². The molecule has 18 heavy (non-hydrogen) atoms. The summed E-state index contributed by atoms with van der Waals surface area (Å²) in [6.45, 7) is 7.90. The molecule has 1 atom stereocenters. The van der Waals surface area contributed by atoms with Crippen LogP contribution in [0.1, 0.15) is 31.7 Å². The zero-order chi connectivity index (χ0) is 13.0. The molecule has 0 radical (unpaired) electrons. The molecule has 0 bridgehead atoms. The maximum Gasteiger partial charge on any atom is 0.0407 e. The Morgan fingerprint density at radius 1 is 1.44 bits per heavy atom. The Kier molecular flexibility index (Phi) is 5.07. The van der Waals surface area contributed by atoms with Crippen molar-refractivity contribution in [2.45, 2.75) is 39.2 Å². The Bertz CT molecular complexity index is 392. The first-order valence-corrected chi connectivity index (χ1v) is 7.75. The van der Waals surface area contributed by atoms with Crippen LogP contribution in [0.5, 0.6) is 0 Å². The summed E-state index contributed by atoms with van der Waals surface area (Å²) in [5.41, 5.74) is 2.74. The van der Waals surface area contributed by atoms with E-state index in [1.54, 1.807) is 0 Å². The van der Waals surface area contributed by atoms with Crippen molar-refractivity contribution in [1.29, 1.82) is 0 Å². The summed E-state index contributed by atoms with van der Waals surface area (Å²) >= 11 is 3.64. The van der Waals surface area contributed by atoms with Crippen LogP contribution in [0.4, 0.5) is 5.69 Å². The molecular formula is C15H23BrN2. The van der Waals surface area contributed by atoms with Crippen molar-refractivity contribution in [2.24, 2.45) is 0 Å². The molecule has 1 aliphatic rings. The predicted octanol–water partition coefficient (Wildman–Crippen LogP) is 3.73. The predicted molar refractivity (Wildman–Crippen MR) is 82.4 cm³/mol. The van der Waals surface area contributed by atoms with E-state index in [0.717, 1.165) is 19.6 Å². The van der Waals surface area contributed by atoms with E-state index in [1.165, 1.54) is 35.0 Å². The van der Waals surface area contributed by atoms with Crippen LogP contribution < -0.4 is 10.2 Å². The smallest absolute Gasteiger partial charge is 0.0407 e. The van der Waals surface area contributed by atoms with Crippen molar-refractivity contribution in [3.8, 4) is 0 Å². The number of halogens is 1. The van der Waals surface area contributed by atoms with Gasteiger partial charge < -0.3 is 10.2 Å². The average Bonchev–Trinajstić information content (AvgIpc) is 2.59. The van der Waals surface area contributed by atoms with E-state index < -0.39 is 0 Å². The Morgan fingerprint density at radius 2 is 2.28 bits per heavy atom. The van der Waals surface area contributed by atoms with E-state index in [2.05, 4.69) is 58.2 Å². The highest BCUT2D eigenvalue weighted by molar-refractivity contribution is 9.10. The van der Waals surface area contributed by atoms with E-state index in [1.807, 2.05) is 0 Å². The summed E-state index contributed by atoms with van der Waals surface area (Å²) in [4.78, 5) is 2.54. The lowest BCUT2D eigenvalue weighted by molar-refractivity contribution is 0.502. The molecule has 0 amide bonds. The zero-order valence-corrected chi connectivity index (χ0v) is 13.0. The van der Waals surface area contributed by atoms with Crippen molar-refractivity contribution in [2.75, 3.05) is 24.5 Å². The van der Waals surface area contributed by atoms with Crippen LogP contribution in [0.15, 0.2) is 22.7 Å². The second kappa shape index (κ2) is 6.58. The molecule has 1 fully saturated rings. The van der Waals surface area contributed by atoms with Crippen LogP contribution in [-0.2, 0) is 0 Å². The van der Waals surface area contributed by atoms with E-state index in [4.69, 9.17) is 0 Å². The molecule has 100 valence electrons. The Morgan fingerprint density at radius 3 is 3.06 bits per heavy atom. The lowest BCUT2D eigenvalue weighted by Crippen LogP contribution is -2.37. The first kappa shape index (κ1) is 13.9. The SMILES string of the molecule is CCCC1CN(c2cccc(Br)c2C)CCCN1. The fourth-order valence-corrected chi connectivity index (χ4v) is 3.05. The monoisotopic (exact) mass is 310 g/mol. The molecule has 1 N–H and O–H groups in total. The number of anilines is 1. The van der Waals surface area contributed by atoms with E-state index in [-0.39, 0.29) is 0 Å². The quantitative estimate of drug-likeness (QED) is 0.915. The van der Waals surface area contributed by atoms with Gasteiger partial charge in [0.25, 0.3) is 0 Å². The highest BCUT2D eigenvalue weighted by atomic mass is 79.9. The van der Waals surface area contributed by atoms with Gasteiger partial charge >= 0.3 is 0 Å². The summed E-state index contributed by atoms with van der Waals surface area (Å²) in [6.07, 6.45) is 3.75. The third-order valence-corrected chi connectivity index (χ3v) is 4.55. The summed E-state index contributed by atoms with van der Waals surface area (Å²) in [7, 11) is 0. The second-order valence-electron chi connectivity index (χ2n) is 5.12. The minimum atomic E-state index is 0.635. The maximum absolute atomic E-state index is 3.66. The standard InChI is InChI=1S/C15H23BrN2/c1-3-6-13-11-18(10-5-9-17-13)15-8-4-7-14(16)12(15)2/h4,7-8,13,17H,3,5-6,9-11H2,1-2H3. The topological polar surface area (TPSA) is 15.3 Å². The molecule has 0 aliphatic carbocycles. The highest BCUT2D eigenvalue weighted by Gasteiger charge is 2.18. The summed E-state index contributed by atoms with van der Waals surface area (Å²) in [5.74, 6) is 0. The lowest BCUT2D eigenvalue weighted by Gasteiger charge is -2.28. The number of benzene rings is 1. The highest BCUT2D eigenvalue weighted by Crippen LogP contribution is 2.27. The molecule has 1 heterocycles. The third-order valence-electron chi connectivity index (χ3n) is 3.70. The fraction of sp³-hybridized carbons (Fsp3) is 0.600. The van der Waals surface area contributed by atoms with Crippen molar-refractivity contribution >= 4 is 21.6 Å². The zero-order valence-electron chi connectivity index (χ0n) is 11.4. The molecule has 0 saturated carbocycles. The van der Waals surface area contributed by atoms with Gasteiger partial charge in [-0.25, -0.2) is 0 Å². The van der Waals surface area contributed by atoms with Gasteiger partial charge in [0.05, 0.1) is 0 Å². The van der Waals surface area contributed by atoms with Gasteiger partial charge in [-0.05, 0) is 44.0 Å². The van der Waals surface area contributed by atoms with Gasteiger partial charge in [0.1, 0.15) is 0 Å². The van der Waals surface area contributed by atoms with E-state index >= 15 is 0 Å². The fourth-order valence-electron chi connectivity index (χ4n) is 2.70. The number of nitrogens with zero attached hydrogens (tertiary/aromatic N) is 1. The maximum atomic E-state index is 3.66. The van der Waals surface area contributed by atoms with Crippen LogP contribution in [0.3, 0.4) is 0 Å². The Labute approximate surface area is 119 Å². The summed E-state index contributed by atoms with van der Waals surface area (Å²) < 4.78 is 1.21. The third kappa shape index (κ3) is 3.27. The van der Waals surface area contributed by atoms with Crippen molar-refractivity contribution in [3.63, 3.8) is 0 Å². The number of rotatable bonds is 3. The molecule has 1 aromatic rings. The number of hydrogen-bond acceptors (Lipinski definition) is 2. The van der Waals surface area contributed by atoms with Crippen LogP contribution in [-0.4, -0.2) is 25.7 Å². The molecule has 1 saturated heterocycles.